The van der Waals surface area contributed by atoms with Crippen LogP contribution in [-0.2, 0) is 9.59 Å². The standard InChI is InChI=1S/C23H27N3O3/c1-12-19(25-14(3)20(12)13(2)23(28)29)11-17-21-16(15-7-9-24-10-8-15)5-4-6-18(21)26-22(17)27/h4-6,11,13,15,24-25H,7-10H2,1-3H3,(H,26,27)(H,28,29). The maximum Gasteiger partial charge on any atom is 0.310 e. The van der Waals surface area contributed by atoms with E-state index >= 15 is 0 Å². The molecule has 6 nitrogen and oxygen atoms in total. The number of amides is 1. The second-order valence-corrected chi connectivity index (χ2v) is 8.07. The van der Waals surface area contributed by atoms with Crippen molar-refractivity contribution in [1.82, 2.24) is 10.3 Å². The highest BCUT2D eigenvalue weighted by Crippen LogP contribution is 2.41. The van der Waals surface area contributed by atoms with Crippen molar-refractivity contribution >= 4 is 29.2 Å². The van der Waals surface area contributed by atoms with Gasteiger partial charge in [-0.15, -0.1) is 0 Å². The van der Waals surface area contributed by atoms with E-state index in [0.29, 0.717) is 11.5 Å². The number of hydrogen-bond acceptors (Lipinski definition) is 3. The van der Waals surface area contributed by atoms with Crippen LogP contribution in [0.25, 0.3) is 11.6 Å². The monoisotopic (exact) mass is 393 g/mol. The number of carboxylic acid groups (broad SMARTS) is 1. The summed E-state index contributed by atoms with van der Waals surface area (Å²) in [5.74, 6) is -1.14. The Morgan fingerprint density at radius 1 is 1.24 bits per heavy atom. The summed E-state index contributed by atoms with van der Waals surface area (Å²) in [4.78, 5) is 27.6. The van der Waals surface area contributed by atoms with Gasteiger partial charge in [-0.05, 0) is 81.5 Å². The summed E-state index contributed by atoms with van der Waals surface area (Å²) in [6.45, 7) is 7.46. The summed E-state index contributed by atoms with van der Waals surface area (Å²) in [5, 5.41) is 15.8. The van der Waals surface area contributed by atoms with Crippen LogP contribution < -0.4 is 10.6 Å². The zero-order valence-corrected chi connectivity index (χ0v) is 17.1. The van der Waals surface area contributed by atoms with Gasteiger partial charge in [-0.3, -0.25) is 9.59 Å². The lowest BCUT2D eigenvalue weighted by molar-refractivity contribution is -0.138. The Kier molecular flexibility index (Phi) is 5.04. The van der Waals surface area contributed by atoms with Crippen molar-refractivity contribution in [3.8, 4) is 0 Å². The van der Waals surface area contributed by atoms with E-state index < -0.39 is 11.9 Å². The van der Waals surface area contributed by atoms with E-state index in [9.17, 15) is 14.7 Å². The normalized spacial score (nSPS) is 19.3. The maximum absolute atomic E-state index is 12.8. The van der Waals surface area contributed by atoms with Gasteiger partial charge >= 0.3 is 5.97 Å². The van der Waals surface area contributed by atoms with Gasteiger partial charge in [-0.25, -0.2) is 0 Å². The van der Waals surface area contributed by atoms with E-state index in [1.54, 1.807) is 6.92 Å². The van der Waals surface area contributed by atoms with Gasteiger partial charge in [-0.2, -0.15) is 0 Å². The molecule has 2 aliphatic heterocycles. The number of nitrogens with one attached hydrogen (secondary N) is 3. The Balaban J connectivity index is 1.80. The van der Waals surface area contributed by atoms with Crippen LogP contribution in [0.2, 0.25) is 0 Å². The van der Waals surface area contributed by atoms with Crippen molar-refractivity contribution in [3.63, 3.8) is 0 Å². The quantitative estimate of drug-likeness (QED) is 0.595. The zero-order valence-electron chi connectivity index (χ0n) is 17.1. The van der Waals surface area contributed by atoms with Gasteiger partial charge in [0.2, 0.25) is 0 Å². The lowest BCUT2D eigenvalue weighted by Gasteiger charge is -2.25. The molecule has 4 rings (SSSR count). The number of H-pyrrole nitrogens is 1. The SMILES string of the molecule is Cc1[nH]c(C=C2C(=O)Nc3cccc(C4CCNCC4)c32)c(C)c1C(C)C(=O)O. The fourth-order valence-electron chi connectivity index (χ4n) is 4.74. The highest BCUT2D eigenvalue weighted by atomic mass is 16.4. The molecule has 0 saturated carbocycles. The molecule has 152 valence electrons. The molecule has 2 aliphatic rings. The summed E-state index contributed by atoms with van der Waals surface area (Å²) < 4.78 is 0. The number of aromatic nitrogens is 1. The molecule has 0 aliphatic carbocycles. The molecule has 1 amide bonds. The number of aromatic amines is 1. The molecular weight excluding hydrogens is 366 g/mol. The number of aryl methyl sites for hydroxylation is 1. The minimum Gasteiger partial charge on any atom is -0.481 e. The van der Waals surface area contributed by atoms with E-state index in [-0.39, 0.29) is 5.91 Å². The van der Waals surface area contributed by atoms with Crippen molar-refractivity contribution in [1.29, 1.82) is 0 Å². The van der Waals surface area contributed by atoms with E-state index in [1.165, 1.54) is 5.56 Å². The van der Waals surface area contributed by atoms with Gasteiger partial charge in [0.15, 0.2) is 0 Å². The Labute approximate surface area is 170 Å². The Morgan fingerprint density at radius 3 is 2.66 bits per heavy atom. The highest BCUT2D eigenvalue weighted by Gasteiger charge is 2.31. The van der Waals surface area contributed by atoms with Crippen molar-refractivity contribution in [2.75, 3.05) is 18.4 Å². The van der Waals surface area contributed by atoms with Gasteiger partial charge in [0.25, 0.3) is 5.91 Å². The lowest BCUT2D eigenvalue weighted by atomic mass is 9.85. The third-order valence-electron chi connectivity index (χ3n) is 6.26. The van der Waals surface area contributed by atoms with Crippen LogP contribution in [0.4, 0.5) is 5.69 Å². The van der Waals surface area contributed by atoms with E-state index in [0.717, 1.165) is 59.7 Å². The van der Waals surface area contributed by atoms with Crippen molar-refractivity contribution < 1.29 is 14.7 Å². The molecule has 1 saturated heterocycles. The number of fused-ring (bicyclic) bond motifs is 1. The van der Waals surface area contributed by atoms with E-state index in [1.807, 2.05) is 32.1 Å². The van der Waals surface area contributed by atoms with Gasteiger partial charge in [-0.1, -0.05) is 12.1 Å². The van der Waals surface area contributed by atoms with Crippen molar-refractivity contribution in [3.05, 3.63) is 51.8 Å². The molecule has 0 spiro atoms. The van der Waals surface area contributed by atoms with Crippen LogP contribution in [0, 0.1) is 13.8 Å². The Bertz CT molecular complexity index is 1010. The number of piperidine rings is 1. The van der Waals surface area contributed by atoms with Crippen LogP contribution in [0.15, 0.2) is 18.2 Å². The lowest BCUT2D eigenvalue weighted by Crippen LogP contribution is -2.27. The summed E-state index contributed by atoms with van der Waals surface area (Å²) in [5.41, 5.74) is 7.00. The average molecular weight is 393 g/mol. The molecule has 1 aromatic heterocycles. The first-order valence-electron chi connectivity index (χ1n) is 10.2. The maximum atomic E-state index is 12.8. The second kappa shape index (κ2) is 7.52. The zero-order chi connectivity index (χ0) is 20.7. The summed E-state index contributed by atoms with van der Waals surface area (Å²) in [6.07, 6.45) is 3.99. The summed E-state index contributed by atoms with van der Waals surface area (Å²) in [6, 6.07) is 6.09. The number of benzene rings is 1. The predicted molar refractivity (Wildman–Crippen MR) is 114 cm³/mol. The number of anilines is 1. The average Bonchev–Trinajstić information content (AvgIpc) is 3.17. The van der Waals surface area contributed by atoms with Crippen LogP contribution in [0.3, 0.4) is 0 Å². The van der Waals surface area contributed by atoms with Gasteiger partial charge < -0.3 is 20.7 Å². The number of carbonyl (C=O) groups is 2. The minimum absolute atomic E-state index is 0.110. The minimum atomic E-state index is -0.855. The van der Waals surface area contributed by atoms with E-state index in [2.05, 4.69) is 21.7 Å². The highest BCUT2D eigenvalue weighted by molar-refractivity contribution is 6.35. The van der Waals surface area contributed by atoms with Crippen LogP contribution in [0.5, 0.6) is 0 Å². The first-order valence-corrected chi connectivity index (χ1v) is 10.2. The first-order chi connectivity index (χ1) is 13.9. The Hall–Kier alpha value is -2.86. The largest absolute Gasteiger partial charge is 0.481 e. The number of carbonyl (C=O) groups excluding carboxylic acids is 1. The molecule has 3 heterocycles. The predicted octanol–water partition coefficient (Wildman–Crippen LogP) is 3.78. The summed E-state index contributed by atoms with van der Waals surface area (Å²) >= 11 is 0. The molecule has 0 bridgehead atoms. The molecule has 29 heavy (non-hydrogen) atoms. The number of rotatable bonds is 4. The van der Waals surface area contributed by atoms with Gasteiger partial charge in [0.1, 0.15) is 0 Å². The molecule has 1 fully saturated rings. The number of aliphatic carboxylic acids is 1. The topological polar surface area (TPSA) is 94.2 Å². The number of hydrogen-bond donors (Lipinski definition) is 4. The smallest absolute Gasteiger partial charge is 0.310 e. The van der Waals surface area contributed by atoms with Crippen LogP contribution in [0.1, 0.15) is 65.2 Å². The Morgan fingerprint density at radius 2 is 1.97 bits per heavy atom. The molecular formula is C23H27N3O3. The van der Waals surface area contributed by atoms with Crippen LogP contribution in [-0.4, -0.2) is 35.1 Å². The molecule has 1 aromatic carbocycles. The molecule has 6 heteroatoms. The fourth-order valence-corrected chi connectivity index (χ4v) is 4.74. The van der Waals surface area contributed by atoms with Crippen molar-refractivity contribution in [2.45, 2.75) is 45.4 Å². The van der Waals surface area contributed by atoms with Crippen molar-refractivity contribution in [2.24, 2.45) is 0 Å². The number of carboxylic acids is 1. The second-order valence-electron chi connectivity index (χ2n) is 8.07. The fraction of sp³-hybridized carbons (Fsp3) is 0.391. The molecule has 1 atom stereocenters. The van der Waals surface area contributed by atoms with Crippen LogP contribution >= 0.6 is 0 Å². The third kappa shape index (κ3) is 3.38. The third-order valence-corrected chi connectivity index (χ3v) is 6.26. The molecule has 1 unspecified atom stereocenters. The first kappa shape index (κ1) is 19.5. The van der Waals surface area contributed by atoms with Gasteiger partial charge in [0.05, 0.1) is 11.5 Å². The van der Waals surface area contributed by atoms with E-state index in [4.69, 9.17) is 0 Å². The molecule has 2 aromatic rings. The van der Waals surface area contributed by atoms with Gasteiger partial charge in [0, 0.05) is 22.6 Å². The summed E-state index contributed by atoms with van der Waals surface area (Å²) in [7, 11) is 0. The molecule has 4 N–H and O–H groups in total. The molecule has 0 radical (unpaired) electrons.